The number of aromatic nitrogens is 1. The van der Waals surface area contributed by atoms with Crippen LogP contribution in [0.25, 0.3) is 11.3 Å². The Hall–Kier alpha value is -2.81. The maximum atomic E-state index is 13.9. The summed E-state index contributed by atoms with van der Waals surface area (Å²) in [5.41, 5.74) is -0.111. The number of piperidine rings is 1. The number of aliphatic carboxylic acids is 1. The number of nitrogens with one attached hydrogen (secondary N) is 1. The molecule has 0 radical (unpaired) electrons. The van der Waals surface area contributed by atoms with Crippen molar-refractivity contribution >= 4 is 11.9 Å². The van der Waals surface area contributed by atoms with Crippen molar-refractivity contribution in [3.05, 3.63) is 41.6 Å². The molecule has 0 spiro atoms. The Balaban J connectivity index is 1.44. The third-order valence-electron chi connectivity index (χ3n) is 6.10. The van der Waals surface area contributed by atoms with E-state index < -0.39 is 35.5 Å². The first kappa shape index (κ1) is 20.5. The highest BCUT2D eigenvalue weighted by Gasteiger charge is 2.40. The molecule has 4 rings (SSSR count). The van der Waals surface area contributed by atoms with Crippen molar-refractivity contribution in [1.29, 1.82) is 0 Å². The quantitative estimate of drug-likeness (QED) is 0.748. The van der Waals surface area contributed by atoms with Gasteiger partial charge in [-0.05, 0) is 44.2 Å². The molecule has 30 heavy (non-hydrogen) atoms. The fourth-order valence-electron chi connectivity index (χ4n) is 4.09. The zero-order chi connectivity index (χ0) is 21.4. The summed E-state index contributed by atoms with van der Waals surface area (Å²) in [6, 6.07) is 4.04. The first-order valence-corrected chi connectivity index (χ1v) is 10.0. The third kappa shape index (κ3) is 4.21. The lowest BCUT2D eigenvalue weighted by atomic mass is 9.90. The fourth-order valence-corrected chi connectivity index (χ4v) is 4.09. The van der Waals surface area contributed by atoms with E-state index in [1.807, 2.05) is 0 Å². The Morgan fingerprint density at radius 2 is 2.03 bits per heavy atom. The normalized spacial score (nSPS) is 23.2. The molecule has 2 aromatic rings. The van der Waals surface area contributed by atoms with Gasteiger partial charge in [-0.2, -0.15) is 0 Å². The van der Waals surface area contributed by atoms with E-state index in [4.69, 9.17) is 4.52 Å². The topological polar surface area (TPSA) is 95.7 Å². The number of halogens is 2. The van der Waals surface area contributed by atoms with E-state index >= 15 is 0 Å². The molecular weight excluding hydrogens is 396 g/mol. The molecule has 2 heterocycles. The fraction of sp³-hybridized carbons (Fsp3) is 0.476. The number of rotatable bonds is 6. The molecule has 2 aliphatic rings. The van der Waals surface area contributed by atoms with Crippen molar-refractivity contribution in [3.63, 3.8) is 0 Å². The van der Waals surface area contributed by atoms with Crippen LogP contribution in [0.2, 0.25) is 0 Å². The van der Waals surface area contributed by atoms with Crippen molar-refractivity contribution in [2.24, 2.45) is 11.8 Å². The second-order valence-electron chi connectivity index (χ2n) is 8.09. The largest absolute Gasteiger partial charge is 0.481 e. The van der Waals surface area contributed by atoms with E-state index in [9.17, 15) is 23.5 Å². The summed E-state index contributed by atoms with van der Waals surface area (Å²) >= 11 is 0. The number of benzene rings is 1. The Morgan fingerprint density at radius 1 is 1.27 bits per heavy atom. The van der Waals surface area contributed by atoms with Gasteiger partial charge in [-0.3, -0.25) is 14.5 Å². The molecule has 1 aliphatic heterocycles. The van der Waals surface area contributed by atoms with Gasteiger partial charge in [-0.25, -0.2) is 8.78 Å². The number of carbonyl (C=O) groups excluding carboxylic acids is 1. The molecule has 1 saturated carbocycles. The second kappa shape index (κ2) is 8.14. The maximum Gasteiger partial charge on any atom is 0.309 e. The Kier molecular flexibility index (Phi) is 5.55. The van der Waals surface area contributed by atoms with Crippen molar-refractivity contribution in [3.8, 4) is 11.3 Å². The van der Waals surface area contributed by atoms with Crippen LogP contribution in [0, 0.1) is 23.5 Å². The number of likely N-dealkylation sites (tertiary alicyclic amines) is 1. The van der Waals surface area contributed by atoms with Gasteiger partial charge in [-0.1, -0.05) is 5.16 Å². The van der Waals surface area contributed by atoms with Crippen molar-refractivity contribution in [1.82, 2.24) is 15.4 Å². The molecule has 2 fully saturated rings. The molecule has 9 heteroatoms. The average molecular weight is 419 g/mol. The van der Waals surface area contributed by atoms with Crippen molar-refractivity contribution in [2.45, 2.75) is 38.3 Å². The number of carboxylic acid groups (broad SMARTS) is 1. The number of carboxylic acids is 1. The molecule has 1 unspecified atom stereocenters. The number of carbonyl (C=O) groups is 2. The standard InChI is InChI=1S/C21H23F2N3O4/c1-11(12-2-3-12)26-7-6-17(15(10-26)21(28)29)24-20(27)18-9-19(30-25-18)14-5-4-13(22)8-16(14)23/h4-5,8-9,11-12,15,17H,2-3,6-7,10H2,1H3,(H,24,27)(H,28,29)/t11?,15-,17-/m1/s1. The van der Waals surface area contributed by atoms with Gasteiger partial charge in [0, 0.05) is 37.3 Å². The molecular formula is C21H23F2N3O4. The van der Waals surface area contributed by atoms with E-state index in [2.05, 4.69) is 22.3 Å². The minimum atomic E-state index is -0.956. The predicted octanol–water partition coefficient (Wildman–Crippen LogP) is 2.92. The molecule has 2 N–H and O–H groups in total. The molecule has 160 valence electrons. The van der Waals surface area contributed by atoms with Crippen LogP contribution in [0.3, 0.4) is 0 Å². The van der Waals surface area contributed by atoms with Crippen molar-refractivity contribution < 1.29 is 28.0 Å². The summed E-state index contributed by atoms with van der Waals surface area (Å²) < 4.78 is 32.0. The minimum Gasteiger partial charge on any atom is -0.481 e. The Labute approximate surface area is 172 Å². The van der Waals surface area contributed by atoms with E-state index in [1.54, 1.807) is 0 Å². The van der Waals surface area contributed by atoms with Crippen LogP contribution in [0.15, 0.2) is 28.8 Å². The molecule has 0 bridgehead atoms. The van der Waals surface area contributed by atoms with Gasteiger partial charge in [0.2, 0.25) is 0 Å². The summed E-state index contributed by atoms with van der Waals surface area (Å²) in [4.78, 5) is 26.6. The highest BCUT2D eigenvalue weighted by molar-refractivity contribution is 5.93. The highest BCUT2D eigenvalue weighted by atomic mass is 19.1. The van der Waals surface area contributed by atoms with Gasteiger partial charge in [0.15, 0.2) is 11.5 Å². The van der Waals surface area contributed by atoms with Gasteiger partial charge in [0.1, 0.15) is 11.6 Å². The van der Waals surface area contributed by atoms with Crippen LogP contribution in [0.4, 0.5) is 8.78 Å². The van der Waals surface area contributed by atoms with Crippen LogP contribution in [-0.2, 0) is 4.79 Å². The Morgan fingerprint density at radius 3 is 2.70 bits per heavy atom. The number of hydrogen-bond acceptors (Lipinski definition) is 5. The summed E-state index contributed by atoms with van der Waals surface area (Å²) in [6.07, 6.45) is 2.87. The third-order valence-corrected chi connectivity index (χ3v) is 6.10. The van der Waals surface area contributed by atoms with E-state index in [-0.39, 0.29) is 17.0 Å². The van der Waals surface area contributed by atoms with Gasteiger partial charge in [0.05, 0.1) is 11.5 Å². The lowest BCUT2D eigenvalue weighted by molar-refractivity contribution is -0.145. The van der Waals surface area contributed by atoms with Crippen LogP contribution in [0.1, 0.15) is 36.7 Å². The number of nitrogens with zero attached hydrogens (tertiary/aromatic N) is 2. The first-order chi connectivity index (χ1) is 14.3. The lowest BCUT2D eigenvalue weighted by Gasteiger charge is -2.40. The van der Waals surface area contributed by atoms with Crippen LogP contribution in [-0.4, -0.2) is 52.2 Å². The van der Waals surface area contributed by atoms with Crippen LogP contribution in [0.5, 0.6) is 0 Å². The van der Waals surface area contributed by atoms with Crippen LogP contribution < -0.4 is 5.32 Å². The zero-order valence-electron chi connectivity index (χ0n) is 16.5. The zero-order valence-corrected chi connectivity index (χ0v) is 16.5. The highest BCUT2D eigenvalue weighted by Crippen LogP contribution is 2.36. The number of hydrogen-bond donors (Lipinski definition) is 2. The second-order valence-corrected chi connectivity index (χ2v) is 8.09. The molecule has 1 aromatic carbocycles. The summed E-state index contributed by atoms with van der Waals surface area (Å²) in [5, 5.41) is 16.1. The Bertz CT molecular complexity index is 959. The molecule has 3 atom stereocenters. The van der Waals surface area contributed by atoms with E-state index in [0.717, 1.165) is 6.07 Å². The molecule has 1 saturated heterocycles. The van der Waals surface area contributed by atoms with Gasteiger partial charge in [0.25, 0.3) is 5.91 Å². The van der Waals surface area contributed by atoms with Gasteiger partial charge in [-0.15, -0.1) is 0 Å². The van der Waals surface area contributed by atoms with Gasteiger partial charge >= 0.3 is 5.97 Å². The molecule has 1 aliphatic carbocycles. The smallest absolute Gasteiger partial charge is 0.309 e. The van der Waals surface area contributed by atoms with E-state index in [0.29, 0.717) is 37.5 Å². The number of amides is 1. The molecule has 1 amide bonds. The maximum absolute atomic E-state index is 13.9. The summed E-state index contributed by atoms with van der Waals surface area (Å²) in [5.74, 6) is -3.22. The monoisotopic (exact) mass is 419 g/mol. The lowest BCUT2D eigenvalue weighted by Crippen LogP contribution is -2.55. The summed E-state index contributed by atoms with van der Waals surface area (Å²) in [6.45, 7) is 3.21. The predicted molar refractivity (Wildman–Crippen MR) is 103 cm³/mol. The SMILES string of the molecule is CC(C1CC1)N1CC[C@@H](NC(=O)c2cc(-c3ccc(F)cc3F)on2)[C@H](C(=O)O)C1. The first-order valence-electron chi connectivity index (χ1n) is 10.0. The molecule has 1 aromatic heterocycles. The van der Waals surface area contributed by atoms with Crippen molar-refractivity contribution in [2.75, 3.05) is 13.1 Å². The van der Waals surface area contributed by atoms with E-state index in [1.165, 1.54) is 25.0 Å². The summed E-state index contributed by atoms with van der Waals surface area (Å²) in [7, 11) is 0. The minimum absolute atomic E-state index is 0.0134. The van der Waals surface area contributed by atoms with Gasteiger partial charge < -0.3 is 14.9 Å². The van der Waals surface area contributed by atoms with Crippen LogP contribution >= 0.6 is 0 Å². The average Bonchev–Trinajstić information content (AvgIpc) is 3.44. The molecule has 7 nitrogen and oxygen atoms in total.